The highest BCUT2D eigenvalue weighted by Crippen LogP contribution is 2.50. The average molecular weight is 172 g/mol. The lowest BCUT2D eigenvalue weighted by Crippen LogP contribution is -2.01. The van der Waals surface area contributed by atoms with Crippen molar-refractivity contribution in [3.05, 3.63) is 35.4 Å². The molecule has 64 valence electrons. The van der Waals surface area contributed by atoms with Crippen LogP contribution in [0.1, 0.15) is 18.4 Å². The third-order valence-corrected chi connectivity index (χ3v) is 2.10. The first-order valence-corrected chi connectivity index (χ1v) is 3.76. The molecule has 3 heteroatoms. The molecule has 12 heavy (non-hydrogen) atoms. The van der Waals surface area contributed by atoms with E-state index < -0.39 is 17.3 Å². The molecule has 0 unspecified atom stereocenters. The van der Waals surface area contributed by atoms with Crippen LogP contribution in [-0.4, -0.2) is 0 Å². The summed E-state index contributed by atoms with van der Waals surface area (Å²) in [4.78, 5) is 0. The van der Waals surface area contributed by atoms with Gasteiger partial charge in [0.15, 0.2) is 0 Å². The minimum atomic E-state index is -1.52. The van der Waals surface area contributed by atoms with Crippen molar-refractivity contribution in [1.29, 1.82) is 0 Å². The zero-order valence-corrected chi connectivity index (χ0v) is 6.28. The van der Waals surface area contributed by atoms with Gasteiger partial charge in [-0.15, -0.1) is 0 Å². The Morgan fingerprint density at radius 3 is 2.33 bits per heavy atom. The first kappa shape index (κ1) is 7.65. The third-order valence-electron chi connectivity index (χ3n) is 2.10. The van der Waals surface area contributed by atoms with Crippen LogP contribution >= 0.6 is 0 Å². The van der Waals surface area contributed by atoms with Gasteiger partial charge >= 0.3 is 0 Å². The molecule has 0 heterocycles. The molecule has 0 N–H and O–H groups in total. The van der Waals surface area contributed by atoms with Crippen LogP contribution in [0.3, 0.4) is 0 Å². The summed E-state index contributed by atoms with van der Waals surface area (Å²) in [6.07, 6.45) is 0.686. The van der Waals surface area contributed by atoms with Gasteiger partial charge in [0, 0.05) is 11.6 Å². The molecule has 1 aromatic carbocycles. The molecule has 0 aliphatic heterocycles. The van der Waals surface area contributed by atoms with Gasteiger partial charge < -0.3 is 0 Å². The summed E-state index contributed by atoms with van der Waals surface area (Å²) in [5, 5.41) is 0. The molecule has 2 rings (SSSR count). The molecule has 1 saturated carbocycles. The molecule has 0 aromatic heterocycles. The highest BCUT2D eigenvalue weighted by atomic mass is 19.2. The summed E-state index contributed by atoms with van der Waals surface area (Å²) >= 11 is 0. The molecule has 0 nitrogen and oxygen atoms in total. The SMILES string of the molecule is Fc1ccc(C2(F)CC2)c(F)c1. The largest absolute Gasteiger partial charge is 0.239 e. The van der Waals surface area contributed by atoms with Crippen molar-refractivity contribution in [3.63, 3.8) is 0 Å². The Morgan fingerprint density at radius 1 is 1.17 bits per heavy atom. The predicted molar refractivity (Wildman–Crippen MR) is 38.4 cm³/mol. The Morgan fingerprint density at radius 2 is 1.83 bits per heavy atom. The smallest absolute Gasteiger partial charge is 0.139 e. The van der Waals surface area contributed by atoms with Crippen LogP contribution in [0.15, 0.2) is 18.2 Å². The maximum absolute atomic E-state index is 13.3. The van der Waals surface area contributed by atoms with Gasteiger partial charge in [-0.1, -0.05) is 0 Å². The summed E-state index contributed by atoms with van der Waals surface area (Å²) in [7, 11) is 0. The number of hydrogen-bond acceptors (Lipinski definition) is 0. The van der Waals surface area contributed by atoms with E-state index in [1.54, 1.807) is 0 Å². The van der Waals surface area contributed by atoms with Crippen molar-refractivity contribution in [2.45, 2.75) is 18.5 Å². The molecule has 1 aliphatic rings. The fourth-order valence-electron chi connectivity index (χ4n) is 1.23. The Hall–Kier alpha value is -0.990. The summed E-state index contributed by atoms with van der Waals surface area (Å²) in [5.41, 5.74) is -1.53. The number of rotatable bonds is 1. The van der Waals surface area contributed by atoms with Gasteiger partial charge in [-0.25, -0.2) is 13.2 Å². The standard InChI is InChI=1S/C9H7F3/c10-6-1-2-7(8(11)5-6)9(12)3-4-9/h1-2,5H,3-4H2. The minimum Gasteiger partial charge on any atom is -0.239 e. The van der Waals surface area contributed by atoms with E-state index in [0.29, 0.717) is 12.8 Å². The van der Waals surface area contributed by atoms with Crippen molar-refractivity contribution in [1.82, 2.24) is 0 Å². The molecule has 0 saturated heterocycles. The molecule has 1 fully saturated rings. The van der Waals surface area contributed by atoms with Crippen molar-refractivity contribution in [2.24, 2.45) is 0 Å². The normalized spacial score (nSPS) is 19.2. The van der Waals surface area contributed by atoms with Gasteiger partial charge in [0.1, 0.15) is 17.3 Å². The lowest BCUT2D eigenvalue weighted by atomic mass is 10.1. The van der Waals surface area contributed by atoms with E-state index in [9.17, 15) is 13.2 Å². The van der Waals surface area contributed by atoms with Crippen LogP contribution in [0.4, 0.5) is 13.2 Å². The molecule has 0 atom stereocenters. The molecular weight excluding hydrogens is 165 g/mol. The summed E-state index contributed by atoms with van der Waals surface area (Å²) in [5.74, 6) is -1.45. The van der Waals surface area contributed by atoms with Crippen LogP contribution < -0.4 is 0 Å². The average Bonchev–Trinajstić information content (AvgIpc) is 2.68. The second-order valence-electron chi connectivity index (χ2n) is 3.09. The first-order valence-electron chi connectivity index (χ1n) is 3.76. The summed E-state index contributed by atoms with van der Waals surface area (Å²) in [6.45, 7) is 0. The topological polar surface area (TPSA) is 0 Å². The van der Waals surface area contributed by atoms with E-state index in [1.807, 2.05) is 0 Å². The van der Waals surface area contributed by atoms with E-state index in [0.717, 1.165) is 12.1 Å². The minimum absolute atomic E-state index is 0.0103. The van der Waals surface area contributed by atoms with E-state index in [1.165, 1.54) is 6.07 Å². The van der Waals surface area contributed by atoms with E-state index in [-0.39, 0.29) is 5.56 Å². The van der Waals surface area contributed by atoms with Crippen LogP contribution in [-0.2, 0) is 5.67 Å². The lowest BCUT2D eigenvalue weighted by molar-refractivity contribution is 0.306. The van der Waals surface area contributed by atoms with Gasteiger partial charge in [-0.05, 0) is 25.0 Å². The maximum Gasteiger partial charge on any atom is 0.139 e. The monoisotopic (exact) mass is 172 g/mol. The van der Waals surface area contributed by atoms with Crippen molar-refractivity contribution < 1.29 is 13.2 Å². The number of alkyl halides is 1. The fraction of sp³-hybridized carbons (Fsp3) is 0.333. The van der Waals surface area contributed by atoms with E-state index in [2.05, 4.69) is 0 Å². The van der Waals surface area contributed by atoms with Gasteiger partial charge in [0.25, 0.3) is 0 Å². The van der Waals surface area contributed by atoms with E-state index >= 15 is 0 Å². The zero-order valence-electron chi connectivity index (χ0n) is 6.28. The van der Waals surface area contributed by atoms with Crippen molar-refractivity contribution in [3.8, 4) is 0 Å². The number of benzene rings is 1. The van der Waals surface area contributed by atoms with Gasteiger partial charge in [0.05, 0.1) is 0 Å². The molecule has 0 bridgehead atoms. The second kappa shape index (κ2) is 2.25. The van der Waals surface area contributed by atoms with Gasteiger partial charge in [-0.3, -0.25) is 0 Å². The number of halogens is 3. The van der Waals surface area contributed by atoms with Crippen LogP contribution in [0.5, 0.6) is 0 Å². The zero-order chi connectivity index (χ0) is 8.77. The Bertz CT molecular complexity index is 316. The quantitative estimate of drug-likeness (QED) is 0.611. The highest BCUT2D eigenvalue weighted by Gasteiger charge is 2.46. The van der Waals surface area contributed by atoms with Crippen LogP contribution in [0, 0.1) is 11.6 Å². The predicted octanol–water partition coefficient (Wildman–Crippen LogP) is 2.92. The van der Waals surface area contributed by atoms with Crippen molar-refractivity contribution in [2.75, 3.05) is 0 Å². The van der Waals surface area contributed by atoms with Crippen LogP contribution in [0.25, 0.3) is 0 Å². The fourth-order valence-corrected chi connectivity index (χ4v) is 1.23. The Kier molecular flexibility index (Phi) is 1.43. The third kappa shape index (κ3) is 1.09. The lowest BCUT2D eigenvalue weighted by Gasteiger charge is -2.05. The van der Waals surface area contributed by atoms with Crippen molar-refractivity contribution >= 4 is 0 Å². The first-order chi connectivity index (χ1) is 5.62. The van der Waals surface area contributed by atoms with E-state index in [4.69, 9.17) is 0 Å². The van der Waals surface area contributed by atoms with Gasteiger partial charge in [0.2, 0.25) is 0 Å². The summed E-state index contributed by atoms with van der Waals surface area (Å²) in [6, 6.07) is 2.98. The molecule has 1 aromatic rings. The molecule has 0 amide bonds. The summed E-state index contributed by atoms with van der Waals surface area (Å²) < 4.78 is 38.6. The Labute approximate surface area is 68.0 Å². The van der Waals surface area contributed by atoms with Gasteiger partial charge in [-0.2, -0.15) is 0 Å². The Balaban J connectivity index is 2.45. The molecule has 0 spiro atoms. The van der Waals surface area contributed by atoms with Crippen LogP contribution in [0.2, 0.25) is 0 Å². The second-order valence-corrected chi connectivity index (χ2v) is 3.09. The number of hydrogen-bond donors (Lipinski definition) is 0. The highest BCUT2D eigenvalue weighted by molar-refractivity contribution is 5.29. The molecule has 0 radical (unpaired) electrons. The molecule has 1 aliphatic carbocycles. The maximum atomic E-state index is 13.3. The molecular formula is C9H7F3.